The van der Waals surface area contributed by atoms with Crippen molar-refractivity contribution in [1.82, 2.24) is 19.4 Å². The van der Waals surface area contributed by atoms with E-state index < -0.39 is 0 Å². The number of aromatic nitrogens is 4. The van der Waals surface area contributed by atoms with Crippen LogP contribution in [0, 0.1) is 0 Å². The smallest absolute Gasteiger partial charge is 0.321 e. The average Bonchev–Trinajstić information content (AvgIpc) is 2.95. The van der Waals surface area contributed by atoms with Crippen molar-refractivity contribution in [3.63, 3.8) is 0 Å². The number of imidazole rings is 1. The quantitative estimate of drug-likeness (QED) is 0.629. The van der Waals surface area contributed by atoms with Crippen LogP contribution in [0.5, 0.6) is 11.8 Å². The first-order valence-electron chi connectivity index (χ1n) is 7.07. The SMILES string of the molecule is Nc1cn2cc(-c3cnc(Oc4ccccc4)nc3)ccc2n1. The first kappa shape index (κ1) is 13.3. The molecular weight excluding hydrogens is 290 g/mol. The number of hydrogen-bond acceptors (Lipinski definition) is 5. The first-order chi connectivity index (χ1) is 11.3. The Balaban J connectivity index is 1.61. The number of nitrogens with zero attached hydrogens (tertiary/aromatic N) is 4. The molecule has 112 valence electrons. The van der Waals surface area contributed by atoms with Crippen LogP contribution < -0.4 is 10.5 Å². The minimum absolute atomic E-state index is 0.313. The van der Waals surface area contributed by atoms with Crippen LogP contribution >= 0.6 is 0 Å². The largest absolute Gasteiger partial charge is 0.424 e. The highest BCUT2D eigenvalue weighted by Crippen LogP contribution is 2.22. The average molecular weight is 303 g/mol. The zero-order valence-corrected chi connectivity index (χ0v) is 12.1. The molecule has 0 aliphatic rings. The van der Waals surface area contributed by atoms with E-state index in [-0.39, 0.29) is 0 Å². The van der Waals surface area contributed by atoms with Crippen LogP contribution in [0.25, 0.3) is 16.8 Å². The lowest BCUT2D eigenvalue weighted by Gasteiger charge is -2.05. The Bertz CT molecular complexity index is 948. The molecule has 0 fully saturated rings. The van der Waals surface area contributed by atoms with Crippen LogP contribution in [0.3, 0.4) is 0 Å². The van der Waals surface area contributed by atoms with Gasteiger partial charge in [0.05, 0.1) is 6.20 Å². The molecule has 3 aromatic heterocycles. The lowest BCUT2D eigenvalue weighted by atomic mass is 10.1. The van der Waals surface area contributed by atoms with Crippen molar-refractivity contribution >= 4 is 11.5 Å². The minimum Gasteiger partial charge on any atom is -0.424 e. The maximum atomic E-state index is 5.70. The molecule has 0 aliphatic carbocycles. The van der Waals surface area contributed by atoms with Crippen molar-refractivity contribution in [3.8, 4) is 22.9 Å². The summed E-state index contributed by atoms with van der Waals surface area (Å²) in [5, 5.41) is 0. The summed E-state index contributed by atoms with van der Waals surface area (Å²) in [6.07, 6.45) is 7.17. The van der Waals surface area contributed by atoms with Gasteiger partial charge in [-0.1, -0.05) is 18.2 Å². The fourth-order valence-corrected chi connectivity index (χ4v) is 2.29. The van der Waals surface area contributed by atoms with Gasteiger partial charge in [-0.3, -0.25) is 0 Å². The van der Waals surface area contributed by atoms with E-state index in [0.29, 0.717) is 17.6 Å². The van der Waals surface area contributed by atoms with Gasteiger partial charge in [-0.05, 0) is 24.3 Å². The summed E-state index contributed by atoms with van der Waals surface area (Å²) in [6.45, 7) is 0. The maximum absolute atomic E-state index is 5.70. The van der Waals surface area contributed by atoms with Gasteiger partial charge in [0.2, 0.25) is 0 Å². The van der Waals surface area contributed by atoms with Crippen molar-refractivity contribution in [3.05, 3.63) is 67.3 Å². The Kier molecular flexibility index (Phi) is 3.12. The van der Waals surface area contributed by atoms with Crippen LogP contribution in [0.4, 0.5) is 5.82 Å². The summed E-state index contributed by atoms with van der Waals surface area (Å²) in [7, 11) is 0. The van der Waals surface area contributed by atoms with Gasteiger partial charge in [-0.25, -0.2) is 15.0 Å². The molecule has 0 atom stereocenters. The molecule has 2 N–H and O–H groups in total. The second-order valence-electron chi connectivity index (χ2n) is 5.02. The number of benzene rings is 1. The van der Waals surface area contributed by atoms with E-state index in [9.17, 15) is 0 Å². The Morgan fingerprint density at radius 2 is 1.65 bits per heavy atom. The van der Waals surface area contributed by atoms with Gasteiger partial charge in [-0.2, -0.15) is 0 Å². The summed E-state index contributed by atoms with van der Waals surface area (Å²) in [5.41, 5.74) is 8.36. The van der Waals surface area contributed by atoms with Crippen LogP contribution in [-0.2, 0) is 0 Å². The predicted molar refractivity (Wildman–Crippen MR) is 87.1 cm³/mol. The molecule has 4 rings (SSSR count). The highest BCUT2D eigenvalue weighted by atomic mass is 16.5. The van der Waals surface area contributed by atoms with Crippen molar-refractivity contribution in [2.45, 2.75) is 0 Å². The second kappa shape index (κ2) is 5.42. The number of nitrogen functional groups attached to an aromatic ring is 1. The lowest BCUT2D eigenvalue weighted by molar-refractivity contribution is 0.442. The zero-order chi connectivity index (χ0) is 15.6. The van der Waals surface area contributed by atoms with Crippen molar-refractivity contribution in [2.75, 3.05) is 5.73 Å². The number of hydrogen-bond donors (Lipinski definition) is 1. The number of fused-ring (bicyclic) bond motifs is 1. The monoisotopic (exact) mass is 303 g/mol. The standard InChI is InChI=1S/C17H13N5O/c18-15-11-22-10-12(6-7-16(22)21-15)13-8-19-17(20-9-13)23-14-4-2-1-3-5-14/h1-11H,18H2. The van der Waals surface area contributed by atoms with Crippen LogP contribution in [-0.4, -0.2) is 19.4 Å². The van der Waals surface area contributed by atoms with Crippen LogP contribution in [0.15, 0.2) is 67.3 Å². The normalized spacial score (nSPS) is 10.8. The van der Waals surface area contributed by atoms with Crippen LogP contribution in [0.1, 0.15) is 0 Å². The second-order valence-corrected chi connectivity index (χ2v) is 5.02. The first-order valence-corrected chi connectivity index (χ1v) is 7.07. The molecule has 0 radical (unpaired) electrons. The Morgan fingerprint density at radius 1 is 0.870 bits per heavy atom. The molecule has 23 heavy (non-hydrogen) atoms. The predicted octanol–water partition coefficient (Wildman–Crippen LogP) is 3.17. The van der Waals surface area contributed by atoms with Gasteiger partial charge < -0.3 is 14.9 Å². The van der Waals surface area contributed by atoms with Crippen LogP contribution in [0.2, 0.25) is 0 Å². The zero-order valence-electron chi connectivity index (χ0n) is 12.1. The van der Waals surface area contributed by atoms with E-state index in [1.807, 2.05) is 53.1 Å². The van der Waals surface area contributed by atoms with Gasteiger partial charge in [-0.15, -0.1) is 0 Å². The molecule has 0 spiro atoms. The van der Waals surface area contributed by atoms with Gasteiger partial charge in [0, 0.05) is 29.7 Å². The number of anilines is 1. The van der Waals surface area contributed by atoms with E-state index in [2.05, 4.69) is 15.0 Å². The van der Waals surface area contributed by atoms with Gasteiger partial charge in [0.15, 0.2) is 0 Å². The number of nitrogens with two attached hydrogens (primary N) is 1. The Morgan fingerprint density at radius 3 is 2.43 bits per heavy atom. The van der Waals surface area contributed by atoms with E-state index in [4.69, 9.17) is 10.5 Å². The maximum Gasteiger partial charge on any atom is 0.321 e. The van der Waals surface area contributed by atoms with Gasteiger partial charge >= 0.3 is 6.01 Å². The molecule has 0 amide bonds. The van der Waals surface area contributed by atoms with Gasteiger partial charge in [0.25, 0.3) is 0 Å². The number of ether oxygens (including phenoxy) is 1. The molecule has 6 nitrogen and oxygen atoms in total. The molecule has 0 saturated carbocycles. The molecule has 0 bridgehead atoms. The summed E-state index contributed by atoms with van der Waals surface area (Å²) in [6, 6.07) is 13.6. The third kappa shape index (κ3) is 2.69. The highest BCUT2D eigenvalue weighted by Gasteiger charge is 2.05. The fourth-order valence-electron chi connectivity index (χ4n) is 2.29. The summed E-state index contributed by atoms with van der Waals surface area (Å²) in [5.74, 6) is 1.19. The van der Waals surface area contributed by atoms with E-state index >= 15 is 0 Å². The van der Waals surface area contributed by atoms with E-state index in [1.165, 1.54) is 0 Å². The summed E-state index contributed by atoms with van der Waals surface area (Å²) in [4.78, 5) is 12.7. The number of pyridine rings is 1. The van der Waals surface area contributed by atoms with Crippen molar-refractivity contribution in [2.24, 2.45) is 0 Å². The summed E-state index contributed by atoms with van der Waals surface area (Å²) < 4.78 is 7.46. The summed E-state index contributed by atoms with van der Waals surface area (Å²) >= 11 is 0. The fraction of sp³-hybridized carbons (Fsp3) is 0. The molecule has 0 aliphatic heterocycles. The lowest BCUT2D eigenvalue weighted by Crippen LogP contribution is -1.92. The minimum atomic E-state index is 0.313. The third-order valence-corrected chi connectivity index (χ3v) is 3.38. The molecule has 3 heterocycles. The molecule has 4 aromatic rings. The number of para-hydroxylation sites is 1. The van der Waals surface area contributed by atoms with Gasteiger partial charge in [0.1, 0.15) is 17.2 Å². The molecule has 6 heteroatoms. The Labute approximate surface area is 132 Å². The molecular formula is C17H13N5O. The van der Waals surface area contributed by atoms with Crippen molar-refractivity contribution < 1.29 is 4.74 Å². The highest BCUT2D eigenvalue weighted by molar-refractivity contribution is 5.63. The van der Waals surface area contributed by atoms with E-state index in [1.54, 1.807) is 18.6 Å². The topological polar surface area (TPSA) is 78.3 Å². The van der Waals surface area contributed by atoms with E-state index in [0.717, 1.165) is 16.8 Å². The molecule has 0 unspecified atom stereocenters. The Hall–Kier alpha value is -3.41. The number of rotatable bonds is 3. The molecule has 0 saturated heterocycles. The van der Waals surface area contributed by atoms with Crippen molar-refractivity contribution in [1.29, 1.82) is 0 Å². The third-order valence-electron chi connectivity index (χ3n) is 3.38. The molecule has 1 aromatic carbocycles.